The van der Waals surface area contributed by atoms with E-state index in [0.717, 1.165) is 5.56 Å². The van der Waals surface area contributed by atoms with Crippen LogP contribution in [0.3, 0.4) is 0 Å². The number of carbonyl (C=O) groups is 2. The van der Waals surface area contributed by atoms with E-state index in [0.29, 0.717) is 0 Å². The lowest BCUT2D eigenvalue weighted by Gasteiger charge is -2.20. The Bertz CT molecular complexity index is 434. The molecule has 1 heterocycles. The van der Waals surface area contributed by atoms with Crippen molar-refractivity contribution in [2.24, 2.45) is 0 Å². The fourth-order valence-corrected chi connectivity index (χ4v) is 1.48. The molecule has 6 nitrogen and oxygen atoms in total. The van der Waals surface area contributed by atoms with Gasteiger partial charge in [0.2, 0.25) is 0 Å². The van der Waals surface area contributed by atoms with E-state index < -0.39 is 11.9 Å². The van der Waals surface area contributed by atoms with Crippen molar-refractivity contribution in [3.05, 3.63) is 29.6 Å². The molecule has 1 aromatic heterocycles. The van der Waals surface area contributed by atoms with Crippen LogP contribution in [0.5, 0.6) is 0 Å². The van der Waals surface area contributed by atoms with Gasteiger partial charge >= 0.3 is 5.97 Å². The van der Waals surface area contributed by atoms with Crippen LogP contribution in [0, 0.1) is 6.92 Å². The minimum atomic E-state index is -1.06. The Labute approximate surface area is 105 Å². The lowest BCUT2D eigenvalue weighted by Crippen LogP contribution is -2.38. The Morgan fingerprint density at radius 1 is 1.50 bits per heavy atom. The quantitative estimate of drug-likeness (QED) is 0.800. The Kier molecular flexibility index (Phi) is 5.26. The van der Waals surface area contributed by atoms with E-state index in [9.17, 15) is 9.59 Å². The van der Waals surface area contributed by atoms with Crippen molar-refractivity contribution in [2.75, 3.05) is 26.8 Å². The van der Waals surface area contributed by atoms with Crippen LogP contribution in [0.1, 0.15) is 16.1 Å². The number of carboxylic acids is 1. The van der Waals surface area contributed by atoms with Crippen molar-refractivity contribution in [3.8, 4) is 0 Å². The van der Waals surface area contributed by atoms with Crippen LogP contribution in [0.25, 0.3) is 0 Å². The molecule has 0 fully saturated rings. The molecular weight excluding hydrogens is 236 g/mol. The first-order valence-corrected chi connectivity index (χ1v) is 5.48. The minimum Gasteiger partial charge on any atom is -0.480 e. The molecule has 1 N–H and O–H groups in total. The van der Waals surface area contributed by atoms with Gasteiger partial charge in [0, 0.05) is 19.9 Å². The number of carbonyl (C=O) groups excluding carboxylic acids is 1. The van der Waals surface area contributed by atoms with Crippen LogP contribution >= 0.6 is 0 Å². The number of aliphatic carboxylic acids is 1. The lowest BCUT2D eigenvalue weighted by atomic mass is 10.2. The summed E-state index contributed by atoms with van der Waals surface area (Å²) in [6, 6.07) is 3.48. The van der Waals surface area contributed by atoms with E-state index in [-0.39, 0.29) is 25.4 Å². The summed E-state index contributed by atoms with van der Waals surface area (Å²) < 4.78 is 4.86. The molecule has 98 valence electrons. The van der Waals surface area contributed by atoms with Gasteiger partial charge in [0.05, 0.1) is 6.61 Å². The maximum atomic E-state index is 12.2. The Morgan fingerprint density at radius 2 is 2.22 bits per heavy atom. The van der Waals surface area contributed by atoms with E-state index in [1.807, 2.05) is 0 Å². The van der Waals surface area contributed by atoms with Gasteiger partial charge in [0.25, 0.3) is 5.91 Å². The van der Waals surface area contributed by atoms with E-state index >= 15 is 0 Å². The Morgan fingerprint density at radius 3 is 2.78 bits per heavy atom. The van der Waals surface area contributed by atoms with Crippen LogP contribution in [0.2, 0.25) is 0 Å². The molecule has 0 spiro atoms. The molecular formula is C12H16N2O4. The van der Waals surface area contributed by atoms with Crippen molar-refractivity contribution in [3.63, 3.8) is 0 Å². The van der Waals surface area contributed by atoms with E-state index in [4.69, 9.17) is 9.84 Å². The SMILES string of the molecule is COCCN(CC(=O)O)C(=O)c1ncccc1C. The fraction of sp³-hybridized carbons (Fsp3) is 0.417. The number of carboxylic acid groups (broad SMARTS) is 1. The zero-order valence-electron chi connectivity index (χ0n) is 10.4. The molecule has 0 aliphatic rings. The van der Waals surface area contributed by atoms with Gasteiger partial charge in [0.15, 0.2) is 0 Å². The molecule has 0 atom stereocenters. The smallest absolute Gasteiger partial charge is 0.323 e. The number of methoxy groups -OCH3 is 1. The molecule has 0 saturated carbocycles. The maximum Gasteiger partial charge on any atom is 0.323 e. The number of aromatic nitrogens is 1. The zero-order chi connectivity index (χ0) is 13.5. The first-order valence-electron chi connectivity index (χ1n) is 5.48. The van der Waals surface area contributed by atoms with Gasteiger partial charge in [0.1, 0.15) is 12.2 Å². The maximum absolute atomic E-state index is 12.2. The standard InChI is InChI=1S/C12H16N2O4/c1-9-4-3-5-13-11(9)12(17)14(6-7-18-2)8-10(15)16/h3-5H,6-8H2,1-2H3,(H,15,16). The summed E-state index contributed by atoms with van der Waals surface area (Å²) in [4.78, 5) is 28.1. The summed E-state index contributed by atoms with van der Waals surface area (Å²) >= 11 is 0. The summed E-state index contributed by atoms with van der Waals surface area (Å²) in [5.74, 6) is -1.46. The van der Waals surface area contributed by atoms with Crippen LogP contribution in [0.15, 0.2) is 18.3 Å². The summed E-state index contributed by atoms with van der Waals surface area (Å²) in [7, 11) is 1.50. The highest BCUT2D eigenvalue weighted by Gasteiger charge is 2.20. The van der Waals surface area contributed by atoms with Crippen LogP contribution in [0.4, 0.5) is 0 Å². The predicted octanol–water partition coefficient (Wildman–Crippen LogP) is 0.563. The zero-order valence-corrected chi connectivity index (χ0v) is 10.4. The highest BCUT2D eigenvalue weighted by molar-refractivity contribution is 5.95. The van der Waals surface area contributed by atoms with Gasteiger partial charge in [-0.3, -0.25) is 14.6 Å². The molecule has 0 aliphatic heterocycles. The fourth-order valence-electron chi connectivity index (χ4n) is 1.48. The molecule has 0 bridgehead atoms. The van der Waals surface area contributed by atoms with Crippen molar-refractivity contribution in [1.29, 1.82) is 0 Å². The van der Waals surface area contributed by atoms with Gasteiger partial charge < -0.3 is 14.7 Å². The van der Waals surface area contributed by atoms with Crippen LogP contribution < -0.4 is 0 Å². The molecule has 18 heavy (non-hydrogen) atoms. The topological polar surface area (TPSA) is 79.7 Å². The number of amides is 1. The predicted molar refractivity (Wildman–Crippen MR) is 64.4 cm³/mol. The van der Waals surface area contributed by atoms with Crippen LogP contribution in [-0.4, -0.2) is 53.7 Å². The first kappa shape index (κ1) is 14.1. The molecule has 1 amide bonds. The van der Waals surface area contributed by atoms with Crippen molar-refractivity contribution in [2.45, 2.75) is 6.92 Å². The highest BCUT2D eigenvalue weighted by atomic mass is 16.5. The van der Waals surface area contributed by atoms with Gasteiger partial charge in [-0.25, -0.2) is 0 Å². The third-order valence-corrected chi connectivity index (χ3v) is 2.39. The Hall–Kier alpha value is -1.95. The average molecular weight is 252 g/mol. The third kappa shape index (κ3) is 3.81. The van der Waals surface area contributed by atoms with Crippen molar-refractivity contribution >= 4 is 11.9 Å². The molecule has 6 heteroatoms. The molecule has 0 aliphatic carbocycles. The number of ether oxygens (including phenoxy) is 1. The second-order valence-corrected chi connectivity index (χ2v) is 3.78. The van der Waals surface area contributed by atoms with Crippen LogP contribution in [-0.2, 0) is 9.53 Å². The van der Waals surface area contributed by atoms with Gasteiger partial charge in [-0.05, 0) is 18.6 Å². The van der Waals surface area contributed by atoms with Crippen molar-refractivity contribution in [1.82, 2.24) is 9.88 Å². The molecule has 0 saturated heterocycles. The first-order chi connectivity index (χ1) is 8.56. The molecule has 1 rings (SSSR count). The molecule has 0 unspecified atom stereocenters. The normalized spacial score (nSPS) is 10.1. The van der Waals surface area contributed by atoms with Gasteiger partial charge in [-0.15, -0.1) is 0 Å². The monoisotopic (exact) mass is 252 g/mol. The third-order valence-electron chi connectivity index (χ3n) is 2.39. The Balaban J connectivity index is 2.87. The number of hydrogen-bond donors (Lipinski definition) is 1. The summed E-state index contributed by atoms with van der Waals surface area (Å²) in [6.07, 6.45) is 1.51. The second-order valence-electron chi connectivity index (χ2n) is 3.78. The number of nitrogens with zero attached hydrogens (tertiary/aromatic N) is 2. The summed E-state index contributed by atoms with van der Waals surface area (Å²) in [5.41, 5.74) is 0.991. The van der Waals surface area contributed by atoms with E-state index in [1.165, 1.54) is 18.2 Å². The summed E-state index contributed by atoms with van der Waals surface area (Å²) in [6.45, 7) is 1.90. The molecule has 1 aromatic rings. The average Bonchev–Trinajstić information content (AvgIpc) is 2.34. The second kappa shape index (κ2) is 6.70. The van der Waals surface area contributed by atoms with Crippen molar-refractivity contribution < 1.29 is 19.4 Å². The van der Waals surface area contributed by atoms with E-state index in [2.05, 4.69) is 4.98 Å². The van der Waals surface area contributed by atoms with Gasteiger partial charge in [-0.2, -0.15) is 0 Å². The highest BCUT2D eigenvalue weighted by Crippen LogP contribution is 2.07. The molecule has 0 aromatic carbocycles. The molecule has 0 radical (unpaired) electrons. The number of rotatable bonds is 6. The number of hydrogen-bond acceptors (Lipinski definition) is 4. The van der Waals surface area contributed by atoms with Gasteiger partial charge in [-0.1, -0.05) is 6.07 Å². The largest absolute Gasteiger partial charge is 0.480 e. The van der Waals surface area contributed by atoms with E-state index in [1.54, 1.807) is 19.1 Å². The minimum absolute atomic E-state index is 0.220. The summed E-state index contributed by atoms with van der Waals surface area (Å²) in [5, 5.41) is 8.79. The number of pyridine rings is 1. The lowest BCUT2D eigenvalue weighted by molar-refractivity contribution is -0.137. The number of aryl methyl sites for hydroxylation is 1.